The SMILES string of the molecule is CNCc1cc(S(=O)(=O)Nc2cccc(SC)c2)c(Br)s1. The van der Waals surface area contributed by atoms with Gasteiger partial charge in [0.05, 0.1) is 3.79 Å². The molecule has 2 N–H and O–H groups in total. The molecule has 0 bridgehead atoms. The smallest absolute Gasteiger partial charge is 0.263 e. The number of thioether (sulfide) groups is 1. The van der Waals surface area contributed by atoms with Crippen LogP contribution in [-0.4, -0.2) is 21.7 Å². The van der Waals surface area contributed by atoms with E-state index < -0.39 is 10.0 Å². The largest absolute Gasteiger partial charge is 0.315 e. The van der Waals surface area contributed by atoms with Crippen LogP contribution in [0.3, 0.4) is 0 Å². The second kappa shape index (κ2) is 7.15. The summed E-state index contributed by atoms with van der Waals surface area (Å²) in [4.78, 5) is 2.24. The molecule has 0 atom stereocenters. The van der Waals surface area contributed by atoms with Crippen molar-refractivity contribution >= 4 is 54.7 Å². The van der Waals surface area contributed by atoms with Crippen LogP contribution in [0.15, 0.2) is 43.9 Å². The second-order valence-electron chi connectivity index (χ2n) is 4.22. The third kappa shape index (κ3) is 4.23. The molecule has 0 fully saturated rings. The van der Waals surface area contributed by atoms with Gasteiger partial charge in [0.2, 0.25) is 0 Å². The molecule has 0 aliphatic carbocycles. The fraction of sp³-hybridized carbons (Fsp3) is 0.231. The van der Waals surface area contributed by atoms with E-state index in [4.69, 9.17) is 0 Å². The van der Waals surface area contributed by atoms with Crippen LogP contribution in [0.25, 0.3) is 0 Å². The maximum absolute atomic E-state index is 12.5. The van der Waals surface area contributed by atoms with Crippen LogP contribution in [0.4, 0.5) is 5.69 Å². The summed E-state index contributed by atoms with van der Waals surface area (Å²) < 4.78 is 28.2. The van der Waals surface area contributed by atoms with Gasteiger partial charge in [-0.15, -0.1) is 23.1 Å². The molecule has 0 saturated heterocycles. The highest BCUT2D eigenvalue weighted by Crippen LogP contribution is 2.33. The minimum atomic E-state index is -3.59. The van der Waals surface area contributed by atoms with Gasteiger partial charge >= 0.3 is 0 Å². The average Bonchev–Trinajstić information content (AvgIpc) is 2.81. The van der Waals surface area contributed by atoms with Crippen molar-refractivity contribution in [3.05, 3.63) is 39.0 Å². The molecule has 0 amide bonds. The molecule has 0 radical (unpaired) electrons. The Morgan fingerprint density at radius 3 is 2.76 bits per heavy atom. The molecule has 4 nitrogen and oxygen atoms in total. The topological polar surface area (TPSA) is 58.2 Å². The van der Waals surface area contributed by atoms with Gasteiger partial charge in [0, 0.05) is 22.0 Å². The van der Waals surface area contributed by atoms with Gasteiger partial charge in [0.15, 0.2) is 0 Å². The van der Waals surface area contributed by atoms with Crippen LogP contribution in [-0.2, 0) is 16.6 Å². The van der Waals surface area contributed by atoms with Crippen molar-refractivity contribution in [1.29, 1.82) is 0 Å². The van der Waals surface area contributed by atoms with E-state index in [0.29, 0.717) is 16.0 Å². The van der Waals surface area contributed by atoms with Gasteiger partial charge < -0.3 is 5.32 Å². The van der Waals surface area contributed by atoms with E-state index in [1.807, 2.05) is 31.5 Å². The van der Waals surface area contributed by atoms with Gasteiger partial charge in [-0.1, -0.05) is 6.07 Å². The molecule has 8 heteroatoms. The Morgan fingerprint density at radius 1 is 1.33 bits per heavy atom. The molecule has 2 rings (SSSR count). The molecule has 1 heterocycles. The van der Waals surface area contributed by atoms with E-state index in [9.17, 15) is 8.42 Å². The fourth-order valence-corrected chi connectivity index (χ4v) is 5.94. The lowest BCUT2D eigenvalue weighted by Crippen LogP contribution is -2.12. The van der Waals surface area contributed by atoms with E-state index >= 15 is 0 Å². The summed E-state index contributed by atoms with van der Waals surface area (Å²) in [5, 5.41) is 3.01. The van der Waals surface area contributed by atoms with E-state index in [-0.39, 0.29) is 4.90 Å². The molecule has 0 unspecified atom stereocenters. The van der Waals surface area contributed by atoms with E-state index in [1.165, 1.54) is 11.3 Å². The number of anilines is 1. The molecule has 0 aliphatic rings. The Bertz CT molecular complexity index is 729. The lowest BCUT2D eigenvalue weighted by Gasteiger charge is -2.08. The number of halogens is 1. The van der Waals surface area contributed by atoms with Gasteiger partial charge in [-0.25, -0.2) is 8.42 Å². The summed E-state index contributed by atoms with van der Waals surface area (Å²) in [6.07, 6.45) is 1.95. The molecular weight excluding hydrogens is 392 g/mol. The van der Waals surface area contributed by atoms with Gasteiger partial charge in [0.1, 0.15) is 4.90 Å². The number of sulfonamides is 1. The van der Waals surface area contributed by atoms with E-state index in [1.54, 1.807) is 23.9 Å². The Labute approximate surface area is 141 Å². The zero-order valence-corrected chi connectivity index (χ0v) is 15.5. The molecule has 21 heavy (non-hydrogen) atoms. The van der Waals surface area contributed by atoms with Crippen LogP contribution in [0.1, 0.15) is 4.88 Å². The summed E-state index contributed by atoms with van der Waals surface area (Å²) in [5.41, 5.74) is 0.565. The first kappa shape index (κ1) is 16.8. The van der Waals surface area contributed by atoms with Crippen LogP contribution in [0, 0.1) is 0 Å². The van der Waals surface area contributed by atoms with Crippen molar-refractivity contribution in [3.63, 3.8) is 0 Å². The minimum Gasteiger partial charge on any atom is -0.315 e. The number of hydrogen-bond acceptors (Lipinski definition) is 5. The first-order chi connectivity index (χ1) is 9.96. The van der Waals surface area contributed by atoms with Crippen LogP contribution in [0.2, 0.25) is 0 Å². The van der Waals surface area contributed by atoms with Gasteiger partial charge in [0.25, 0.3) is 10.0 Å². The molecule has 1 aromatic heterocycles. The maximum atomic E-state index is 12.5. The Balaban J connectivity index is 2.29. The predicted molar refractivity (Wildman–Crippen MR) is 93.8 cm³/mol. The molecule has 1 aromatic carbocycles. The summed E-state index contributed by atoms with van der Waals surface area (Å²) >= 11 is 6.32. The number of rotatable bonds is 6. The monoisotopic (exact) mass is 406 g/mol. The van der Waals surface area contributed by atoms with Crippen molar-refractivity contribution < 1.29 is 8.42 Å². The highest BCUT2D eigenvalue weighted by molar-refractivity contribution is 9.11. The van der Waals surface area contributed by atoms with Crippen molar-refractivity contribution in [2.24, 2.45) is 0 Å². The third-order valence-corrected chi connectivity index (χ3v) is 7.03. The number of thiophene rings is 1. The molecule has 2 aromatic rings. The molecular formula is C13H15BrN2O2S3. The first-order valence-electron chi connectivity index (χ1n) is 6.06. The minimum absolute atomic E-state index is 0.271. The molecule has 114 valence electrons. The van der Waals surface area contributed by atoms with Gasteiger partial charge in [-0.05, 0) is 53.5 Å². The predicted octanol–water partition coefficient (Wildman–Crippen LogP) is 3.75. The van der Waals surface area contributed by atoms with Gasteiger partial charge in [-0.3, -0.25) is 4.72 Å². The second-order valence-corrected chi connectivity index (χ2v) is 9.20. The van der Waals surface area contributed by atoms with Crippen molar-refractivity contribution in [3.8, 4) is 0 Å². The maximum Gasteiger partial charge on any atom is 0.263 e. The highest BCUT2D eigenvalue weighted by Gasteiger charge is 2.21. The summed E-state index contributed by atoms with van der Waals surface area (Å²) in [6.45, 7) is 0.640. The van der Waals surface area contributed by atoms with Crippen molar-refractivity contribution in [1.82, 2.24) is 5.32 Å². The molecule has 0 spiro atoms. The Kier molecular flexibility index (Phi) is 5.73. The molecule has 0 saturated carbocycles. The fourth-order valence-electron chi connectivity index (χ4n) is 1.74. The van der Waals surface area contributed by atoms with E-state index in [2.05, 4.69) is 26.0 Å². The molecule has 0 aliphatic heterocycles. The summed E-state index contributed by atoms with van der Waals surface area (Å²) in [7, 11) is -1.76. The zero-order chi connectivity index (χ0) is 15.5. The summed E-state index contributed by atoms with van der Waals surface area (Å²) in [6, 6.07) is 9.02. The summed E-state index contributed by atoms with van der Waals surface area (Å²) in [5.74, 6) is 0. The van der Waals surface area contributed by atoms with Crippen molar-refractivity contribution in [2.45, 2.75) is 16.3 Å². The van der Waals surface area contributed by atoms with Crippen LogP contribution < -0.4 is 10.0 Å². The Morgan fingerprint density at radius 2 is 2.10 bits per heavy atom. The normalized spacial score (nSPS) is 11.6. The van der Waals surface area contributed by atoms with Gasteiger partial charge in [-0.2, -0.15) is 0 Å². The lowest BCUT2D eigenvalue weighted by atomic mass is 10.3. The van der Waals surface area contributed by atoms with Crippen molar-refractivity contribution in [2.75, 3.05) is 18.0 Å². The van der Waals surface area contributed by atoms with E-state index in [0.717, 1.165) is 9.77 Å². The average molecular weight is 407 g/mol. The number of benzene rings is 1. The number of hydrogen-bond donors (Lipinski definition) is 2. The highest BCUT2D eigenvalue weighted by atomic mass is 79.9. The lowest BCUT2D eigenvalue weighted by molar-refractivity contribution is 0.601. The zero-order valence-electron chi connectivity index (χ0n) is 11.5. The first-order valence-corrected chi connectivity index (χ1v) is 10.4. The standard InChI is InChI=1S/C13H15BrN2O2S3/c1-15-8-11-7-12(13(14)20-11)21(17,18)16-9-4-3-5-10(6-9)19-2/h3-7,15-16H,8H2,1-2H3. The quantitative estimate of drug-likeness (QED) is 0.717. The Hall–Kier alpha value is -0.540. The number of nitrogens with one attached hydrogen (secondary N) is 2. The van der Waals surface area contributed by atoms with Crippen LogP contribution >= 0.6 is 39.0 Å². The third-order valence-electron chi connectivity index (χ3n) is 2.67. The van der Waals surface area contributed by atoms with Crippen LogP contribution in [0.5, 0.6) is 0 Å².